The van der Waals surface area contributed by atoms with Gasteiger partial charge in [0.25, 0.3) is 32.1 Å². The Kier molecular flexibility index (Phi) is 7.48. The number of carbonyl (C=O) groups is 2. The fraction of sp³-hybridized carbons (Fsp3) is 0.120. The Morgan fingerprint density at radius 1 is 0.744 bits per heavy atom. The van der Waals surface area contributed by atoms with Crippen molar-refractivity contribution in [3.05, 3.63) is 84.5 Å². The number of amides is 2. The Hall–Kier alpha value is -4.24. The predicted octanol–water partition coefficient (Wildman–Crippen LogP) is 2.98. The van der Waals surface area contributed by atoms with Gasteiger partial charge in [-0.15, -0.1) is 0 Å². The van der Waals surface area contributed by atoms with E-state index in [-0.39, 0.29) is 15.7 Å². The molecule has 12 nitrogen and oxygen atoms in total. The van der Waals surface area contributed by atoms with E-state index in [1.54, 1.807) is 44.2 Å². The molecule has 0 saturated heterocycles. The molecule has 2 aromatic carbocycles. The van der Waals surface area contributed by atoms with Crippen LogP contribution in [0.25, 0.3) is 0 Å². The number of benzene rings is 2. The molecule has 0 aromatic heterocycles. The van der Waals surface area contributed by atoms with Crippen molar-refractivity contribution < 1.29 is 35.5 Å². The number of hydrogen-bond donors (Lipinski definition) is 2. The van der Waals surface area contributed by atoms with Crippen LogP contribution in [0, 0.1) is 5.92 Å². The van der Waals surface area contributed by atoms with Crippen molar-refractivity contribution in [2.75, 3.05) is 10.0 Å². The Morgan fingerprint density at radius 2 is 1.26 bits per heavy atom. The summed E-state index contributed by atoms with van der Waals surface area (Å²) in [5.41, 5.74) is 1.94. The first-order valence-electron chi connectivity index (χ1n) is 11.3. The molecule has 2 aliphatic heterocycles. The molecule has 0 aliphatic carbocycles. The van der Waals surface area contributed by atoms with Crippen LogP contribution in [0.4, 0.5) is 11.4 Å². The molecule has 2 aliphatic rings. The molecule has 14 heteroatoms. The second kappa shape index (κ2) is 10.5. The van der Waals surface area contributed by atoms with Crippen LogP contribution in [0.1, 0.15) is 13.8 Å². The highest BCUT2D eigenvalue weighted by molar-refractivity contribution is 7.86. The zero-order valence-corrected chi connectivity index (χ0v) is 22.2. The van der Waals surface area contributed by atoms with E-state index >= 15 is 0 Å². The van der Waals surface area contributed by atoms with Crippen molar-refractivity contribution in [2.24, 2.45) is 16.1 Å². The maximum atomic E-state index is 12.8. The monoisotopic (exact) mass is 570 g/mol. The lowest BCUT2D eigenvalue weighted by atomic mass is 10.0. The molecule has 4 rings (SSSR count). The summed E-state index contributed by atoms with van der Waals surface area (Å²) < 4.78 is 63.1. The summed E-state index contributed by atoms with van der Waals surface area (Å²) in [4.78, 5) is 25.1. The van der Waals surface area contributed by atoms with E-state index in [1.807, 2.05) is 0 Å². The average Bonchev–Trinajstić information content (AvgIpc) is 3.32. The highest BCUT2D eigenvalue weighted by Gasteiger charge is 2.32. The first-order valence-corrected chi connectivity index (χ1v) is 14.1. The molecular weight excluding hydrogens is 548 g/mol. The minimum atomic E-state index is -4.36. The predicted molar refractivity (Wildman–Crippen MR) is 144 cm³/mol. The van der Waals surface area contributed by atoms with Gasteiger partial charge in [0.15, 0.2) is 0 Å². The molecular formula is C25H22N4O8S2. The summed E-state index contributed by atoms with van der Waals surface area (Å²) in [7, 11) is -8.71. The lowest BCUT2D eigenvalue weighted by Gasteiger charge is -2.13. The van der Waals surface area contributed by atoms with Crippen LogP contribution in [0.3, 0.4) is 0 Å². The van der Waals surface area contributed by atoms with Gasteiger partial charge < -0.3 is 0 Å². The van der Waals surface area contributed by atoms with Gasteiger partial charge in [0.1, 0.15) is 0 Å². The summed E-state index contributed by atoms with van der Waals surface area (Å²) in [5.74, 6) is -1.42. The molecule has 1 unspecified atom stereocenters. The fourth-order valence-corrected chi connectivity index (χ4v) is 4.74. The summed E-state index contributed by atoms with van der Waals surface area (Å²) in [6.07, 6.45) is 8.04. The minimum Gasteiger partial charge on any atom is -0.282 e. The Labute approximate surface area is 224 Å². The summed E-state index contributed by atoms with van der Waals surface area (Å²) in [6.45, 7) is 3.33. The molecule has 0 fully saturated rings. The van der Waals surface area contributed by atoms with E-state index < -0.39 is 32.1 Å². The largest absolute Gasteiger partial charge is 0.294 e. The van der Waals surface area contributed by atoms with Gasteiger partial charge in [-0.05, 0) is 68.5 Å². The SMILES string of the molecule is CC1=NN(c2ccc(S(=O)(=O)O)cc2)C(=O)\C1=C/C=C/C=C/C1C(=O)N(c2ccc(S(=O)(=O)O)cc2)N=C1C. The molecule has 2 heterocycles. The van der Waals surface area contributed by atoms with Crippen LogP contribution in [0.15, 0.2) is 104 Å². The van der Waals surface area contributed by atoms with Crippen molar-refractivity contribution in [2.45, 2.75) is 23.6 Å². The normalized spacial score (nSPS) is 19.6. The van der Waals surface area contributed by atoms with E-state index in [0.29, 0.717) is 28.4 Å². The maximum Gasteiger partial charge on any atom is 0.294 e. The number of anilines is 2. The molecule has 2 N–H and O–H groups in total. The van der Waals surface area contributed by atoms with Crippen molar-refractivity contribution in [1.82, 2.24) is 0 Å². The molecule has 0 radical (unpaired) electrons. The molecule has 0 spiro atoms. The average molecular weight is 571 g/mol. The first-order chi connectivity index (χ1) is 18.3. The van der Waals surface area contributed by atoms with Gasteiger partial charge >= 0.3 is 0 Å². The fourth-order valence-electron chi connectivity index (χ4n) is 3.78. The van der Waals surface area contributed by atoms with Gasteiger partial charge in [0.2, 0.25) is 0 Å². The summed E-state index contributed by atoms with van der Waals surface area (Å²) >= 11 is 0. The number of hydrogen-bond acceptors (Lipinski definition) is 8. The Bertz CT molecular complexity index is 1700. The molecule has 2 aromatic rings. The van der Waals surface area contributed by atoms with Crippen molar-refractivity contribution >= 4 is 54.8 Å². The van der Waals surface area contributed by atoms with Gasteiger partial charge in [0.05, 0.1) is 44.1 Å². The number of hydrazone groups is 2. The molecule has 1 atom stereocenters. The van der Waals surface area contributed by atoms with Crippen LogP contribution in [0.2, 0.25) is 0 Å². The number of allylic oxidation sites excluding steroid dienone is 4. The standard InChI is InChI=1S/C25H22N4O8S2/c1-16-22(24(30)28(26-16)18-8-12-20(13-9-18)38(32,33)34)6-4-3-5-7-23-17(2)27-29(25(23)31)19-10-14-21(15-11-19)39(35,36)37/h3-15,22H,1-2H3,(H,32,33,34)(H,35,36,37)/b5-3+,6-4+,23-7-. The van der Waals surface area contributed by atoms with Gasteiger partial charge in [-0.25, -0.2) is 0 Å². The van der Waals surface area contributed by atoms with Crippen LogP contribution >= 0.6 is 0 Å². The molecule has 0 saturated carbocycles. The van der Waals surface area contributed by atoms with Gasteiger partial charge in [-0.1, -0.05) is 24.3 Å². The van der Waals surface area contributed by atoms with Crippen LogP contribution < -0.4 is 10.0 Å². The lowest BCUT2D eigenvalue weighted by Crippen LogP contribution is -2.25. The minimum absolute atomic E-state index is 0.298. The van der Waals surface area contributed by atoms with Gasteiger partial charge in [-0.3, -0.25) is 18.7 Å². The van der Waals surface area contributed by atoms with Crippen molar-refractivity contribution in [3.8, 4) is 0 Å². The molecule has 39 heavy (non-hydrogen) atoms. The van der Waals surface area contributed by atoms with Crippen LogP contribution in [-0.2, 0) is 29.8 Å². The third kappa shape index (κ3) is 5.93. The van der Waals surface area contributed by atoms with E-state index in [1.165, 1.54) is 48.5 Å². The number of carbonyl (C=O) groups excluding carboxylic acids is 2. The summed E-state index contributed by atoms with van der Waals surface area (Å²) in [6, 6.07) is 10.1. The van der Waals surface area contributed by atoms with Crippen LogP contribution in [0.5, 0.6) is 0 Å². The van der Waals surface area contributed by atoms with E-state index in [9.17, 15) is 26.4 Å². The number of nitrogens with zero attached hydrogens (tertiary/aromatic N) is 4. The quantitative estimate of drug-likeness (QED) is 0.290. The Balaban J connectivity index is 1.41. The highest BCUT2D eigenvalue weighted by atomic mass is 32.2. The van der Waals surface area contributed by atoms with Gasteiger partial charge in [-0.2, -0.15) is 37.1 Å². The molecule has 2 amide bonds. The zero-order valence-electron chi connectivity index (χ0n) is 20.5. The summed E-state index contributed by atoms with van der Waals surface area (Å²) in [5, 5.41) is 10.7. The second-order valence-corrected chi connectivity index (χ2v) is 11.3. The van der Waals surface area contributed by atoms with Gasteiger partial charge in [0, 0.05) is 0 Å². The Morgan fingerprint density at radius 3 is 1.77 bits per heavy atom. The van der Waals surface area contributed by atoms with E-state index in [0.717, 1.165) is 10.0 Å². The molecule has 0 bridgehead atoms. The van der Waals surface area contributed by atoms with Crippen molar-refractivity contribution in [3.63, 3.8) is 0 Å². The topological polar surface area (TPSA) is 174 Å². The van der Waals surface area contributed by atoms with E-state index in [4.69, 9.17) is 9.11 Å². The van der Waals surface area contributed by atoms with E-state index in [2.05, 4.69) is 10.2 Å². The third-order valence-corrected chi connectivity index (χ3v) is 7.53. The highest BCUT2D eigenvalue weighted by Crippen LogP contribution is 2.27. The first kappa shape index (κ1) is 27.8. The smallest absolute Gasteiger partial charge is 0.282 e. The maximum absolute atomic E-state index is 12.8. The molecule has 202 valence electrons. The second-order valence-electron chi connectivity index (χ2n) is 8.46. The zero-order chi connectivity index (χ0) is 28.5. The number of rotatable bonds is 7. The van der Waals surface area contributed by atoms with Crippen LogP contribution in [-0.4, -0.2) is 49.2 Å². The lowest BCUT2D eigenvalue weighted by molar-refractivity contribution is -0.118. The third-order valence-electron chi connectivity index (χ3n) is 5.79. The van der Waals surface area contributed by atoms with Crippen molar-refractivity contribution in [1.29, 1.82) is 0 Å².